The summed E-state index contributed by atoms with van der Waals surface area (Å²) < 4.78 is 0. The predicted molar refractivity (Wildman–Crippen MR) is 51.4 cm³/mol. The quantitative estimate of drug-likeness (QED) is 0.716. The van der Waals surface area contributed by atoms with Gasteiger partial charge in [-0.15, -0.1) is 0 Å². The summed E-state index contributed by atoms with van der Waals surface area (Å²) in [5, 5.41) is 9.88. The van der Waals surface area contributed by atoms with E-state index in [4.69, 9.17) is 0 Å². The number of rotatable bonds is 3. The van der Waals surface area contributed by atoms with Crippen molar-refractivity contribution in [2.75, 3.05) is 0 Å². The van der Waals surface area contributed by atoms with Crippen molar-refractivity contribution < 1.29 is 9.90 Å². The first-order chi connectivity index (χ1) is 6.06. The molecule has 0 bridgehead atoms. The Morgan fingerprint density at radius 1 is 1.54 bits per heavy atom. The van der Waals surface area contributed by atoms with Gasteiger partial charge in [0.2, 0.25) is 0 Å². The van der Waals surface area contributed by atoms with Crippen LogP contribution in [0.3, 0.4) is 0 Å². The molecule has 2 heteroatoms. The van der Waals surface area contributed by atoms with Gasteiger partial charge in [0, 0.05) is 6.42 Å². The van der Waals surface area contributed by atoms with Gasteiger partial charge in [-0.25, -0.2) is 0 Å². The minimum absolute atomic E-state index is 0.135. The van der Waals surface area contributed by atoms with Crippen LogP contribution in [0.5, 0.6) is 0 Å². The molecule has 0 heterocycles. The van der Waals surface area contributed by atoms with Gasteiger partial charge in [-0.05, 0) is 19.4 Å². The Bertz CT molecular complexity index is 303. The third kappa shape index (κ3) is 2.39. The minimum Gasteiger partial charge on any atom is -0.385 e. The molecule has 2 nitrogen and oxygen atoms in total. The Hall–Kier alpha value is -1.15. The second kappa shape index (κ2) is 3.71. The standard InChI is InChI=1S/C11H14O2/c1-9-4-3-5-10(8-9)11(2,13)6-7-12/h3-5,7-8,13H,6H2,1-2H3. The van der Waals surface area contributed by atoms with Gasteiger partial charge in [0.15, 0.2) is 0 Å². The number of aliphatic hydroxyl groups is 1. The maximum atomic E-state index is 10.3. The van der Waals surface area contributed by atoms with E-state index in [1.807, 2.05) is 31.2 Å². The number of hydrogen-bond donors (Lipinski definition) is 1. The lowest BCUT2D eigenvalue weighted by Crippen LogP contribution is -2.21. The Morgan fingerprint density at radius 3 is 2.77 bits per heavy atom. The maximum Gasteiger partial charge on any atom is 0.123 e. The van der Waals surface area contributed by atoms with Crippen molar-refractivity contribution in [3.05, 3.63) is 35.4 Å². The summed E-state index contributed by atoms with van der Waals surface area (Å²) in [4.78, 5) is 10.3. The van der Waals surface area contributed by atoms with E-state index in [-0.39, 0.29) is 6.42 Å². The van der Waals surface area contributed by atoms with E-state index in [0.29, 0.717) is 0 Å². The molecule has 1 atom stereocenters. The lowest BCUT2D eigenvalue weighted by atomic mass is 9.92. The molecule has 0 saturated carbocycles. The normalized spacial score (nSPS) is 15.0. The van der Waals surface area contributed by atoms with E-state index in [0.717, 1.165) is 17.4 Å². The SMILES string of the molecule is Cc1cccc(C(C)(O)CC=O)c1. The molecular weight excluding hydrogens is 164 g/mol. The van der Waals surface area contributed by atoms with E-state index >= 15 is 0 Å². The molecule has 1 unspecified atom stereocenters. The molecule has 0 aliphatic heterocycles. The molecule has 13 heavy (non-hydrogen) atoms. The highest BCUT2D eigenvalue weighted by atomic mass is 16.3. The van der Waals surface area contributed by atoms with Crippen molar-refractivity contribution in [1.82, 2.24) is 0 Å². The fraction of sp³-hybridized carbons (Fsp3) is 0.364. The van der Waals surface area contributed by atoms with Crippen LogP contribution >= 0.6 is 0 Å². The van der Waals surface area contributed by atoms with Crippen molar-refractivity contribution in [1.29, 1.82) is 0 Å². The van der Waals surface area contributed by atoms with Crippen molar-refractivity contribution in [3.63, 3.8) is 0 Å². The summed E-state index contributed by atoms with van der Waals surface area (Å²) in [6.07, 6.45) is 0.874. The van der Waals surface area contributed by atoms with Crippen LogP contribution in [0.25, 0.3) is 0 Å². The molecule has 0 saturated heterocycles. The lowest BCUT2D eigenvalue weighted by Gasteiger charge is -2.21. The number of carbonyl (C=O) groups excluding carboxylic acids is 1. The third-order valence-corrected chi connectivity index (χ3v) is 2.12. The second-order valence-corrected chi connectivity index (χ2v) is 3.51. The smallest absolute Gasteiger partial charge is 0.123 e. The van der Waals surface area contributed by atoms with Gasteiger partial charge in [0.05, 0.1) is 5.60 Å². The molecule has 70 valence electrons. The highest BCUT2D eigenvalue weighted by Crippen LogP contribution is 2.23. The van der Waals surface area contributed by atoms with Gasteiger partial charge in [0.1, 0.15) is 6.29 Å². The Labute approximate surface area is 78.2 Å². The van der Waals surface area contributed by atoms with Gasteiger partial charge in [-0.3, -0.25) is 0 Å². The van der Waals surface area contributed by atoms with Gasteiger partial charge < -0.3 is 9.90 Å². The number of aryl methyl sites for hydroxylation is 1. The van der Waals surface area contributed by atoms with Crippen LogP contribution in [0.1, 0.15) is 24.5 Å². The van der Waals surface area contributed by atoms with Gasteiger partial charge in [-0.1, -0.05) is 29.8 Å². The van der Waals surface area contributed by atoms with Crippen molar-refractivity contribution >= 4 is 6.29 Å². The van der Waals surface area contributed by atoms with Gasteiger partial charge in [-0.2, -0.15) is 0 Å². The summed E-state index contributed by atoms with van der Waals surface area (Å²) in [7, 11) is 0. The van der Waals surface area contributed by atoms with Crippen LogP contribution in [-0.2, 0) is 10.4 Å². The highest BCUT2D eigenvalue weighted by Gasteiger charge is 2.21. The summed E-state index contributed by atoms with van der Waals surface area (Å²) in [5.74, 6) is 0. The highest BCUT2D eigenvalue weighted by molar-refractivity contribution is 5.52. The van der Waals surface area contributed by atoms with Crippen LogP contribution in [0.4, 0.5) is 0 Å². The fourth-order valence-corrected chi connectivity index (χ4v) is 1.26. The van der Waals surface area contributed by atoms with Crippen LogP contribution < -0.4 is 0 Å². The topological polar surface area (TPSA) is 37.3 Å². The molecular formula is C11H14O2. The van der Waals surface area contributed by atoms with E-state index in [2.05, 4.69) is 0 Å². The number of benzene rings is 1. The first-order valence-electron chi connectivity index (χ1n) is 4.29. The monoisotopic (exact) mass is 178 g/mol. The average molecular weight is 178 g/mol. The van der Waals surface area contributed by atoms with Crippen LogP contribution in [-0.4, -0.2) is 11.4 Å². The molecule has 0 amide bonds. The summed E-state index contributed by atoms with van der Waals surface area (Å²) in [5.41, 5.74) is 0.844. The predicted octanol–water partition coefficient (Wildman–Crippen LogP) is 1.79. The van der Waals surface area contributed by atoms with Crippen molar-refractivity contribution in [2.45, 2.75) is 25.9 Å². The fourth-order valence-electron chi connectivity index (χ4n) is 1.26. The van der Waals surface area contributed by atoms with E-state index < -0.39 is 5.60 Å². The van der Waals surface area contributed by atoms with Crippen LogP contribution in [0.15, 0.2) is 24.3 Å². The largest absolute Gasteiger partial charge is 0.385 e. The Morgan fingerprint density at radius 2 is 2.23 bits per heavy atom. The molecule has 1 rings (SSSR count). The second-order valence-electron chi connectivity index (χ2n) is 3.51. The Kier molecular flexibility index (Phi) is 2.83. The number of hydrogen-bond acceptors (Lipinski definition) is 2. The third-order valence-electron chi connectivity index (χ3n) is 2.12. The first kappa shape index (κ1) is 9.93. The van der Waals surface area contributed by atoms with E-state index in [1.54, 1.807) is 6.92 Å². The van der Waals surface area contributed by atoms with E-state index in [9.17, 15) is 9.90 Å². The Balaban J connectivity index is 2.99. The van der Waals surface area contributed by atoms with Gasteiger partial charge >= 0.3 is 0 Å². The van der Waals surface area contributed by atoms with Crippen molar-refractivity contribution in [3.8, 4) is 0 Å². The van der Waals surface area contributed by atoms with Crippen LogP contribution in [0, 0.1) is 6.92 Å². The molecule has 0 aliphatic carbocycles. The molecule has 0 fully saturated rings. The molecule has 0 aromatic heterocycles. The summed E-state index contributed by atoms with van der Waals surface area (Å²) >= 11 is 0. The molecule has 1 N–H and O–H groups in total. The zero-order chi connectivity index (χ0) is 9.90. The van der Waals surface area contributed by atoms with Gasteiger partial charge in [0.25, 0.3) is 0 Å². The molecule has 0 aliphatic rings. The van der Waals surface area contributed by atoms with E-state index in [1.165, 1.54) is 0 Å². The van der Waals surface area contributed by atoms with Crippen molar-refractivity contribution in [2.24, 2.45) is 0 Å². The lowest BCUT2D eigenvalue weighted by molar-refractivity contribution is -0.112. The average Bonchev–Trinajstić information content (AvgIpc) is 2.04. The molecule has 0 radical (unpaired) electrons. The molecule has 1 aromatic rings. The number of aldehydes is 1. The minimum atomic E-state index is -1.03. The molecule has 1 aromatic carbocycles. The first-order valence-corrected chi connectivity index (χ1v) is 4.29. The maximum absolute atomic E-state index is 10.3. The molecule has 0 spiro atoms. The summed E-state index contributed by atoms with van der Waals surface area (Å²) in [6, 6.07) is 7.56. The van der Waals surface area contributed by atoms with Crippen LogP contribution in [0.2, 0.25) is 0 Å². The zero-order valence-electron chi connectivity index (χ0n) is 7.95. The number of carbonyl (C=O) groups is 1. The zero-order valence-corrected chi connectivity index (χ0v) is 7.95. The summed E-state index contributed by atoms with van der Waals surface area (Å²) in [6.45, 7) is 3.61.